The summed E-state index contributed by atoms with van der Waals surface area (Å²) in [5.74, 6) is 0.369. The zero-order valence-corrected chi connectivity index (χ0v) is 12.9. The maximum absolute atomic E-state index is 11.5. The Hall–Kier alpha value is -1.82. The average Bonchev–Trinajstić information content (AvgIpc) is 2.46. The predicted octanol–water partition coefficient (Wildman–Crippen LogP) is 2.32. The fraction of sp³-hybridized carbons (Fsp3) is 0.286. The summed E-state index contributed by atoms with van der Waals surface area (Å²) in [6, 6.07) is 7.74. The van der Waals surface area contributed by atoms with E-state index in [4.69, 9.17) is 4.74 Å². The number of benzene rings is 1. The third-order valence-corrected chi connectivity index (χ3v) is 3.27. The number of hydrogen-bond acceptors (Lipinski definition) is 5. The molecule has 0 amide bonds. The molecule has 106 valence electrons. The van der Waals surface area contributed by atoms with Crippen LogP contribution in [-0.4, -0.2) is 37.5 Å². The minimum Gasteiger partial charge on any atom is -0.497 e. The highest BCUT2D eigenvalue weighted by molar-refractivity contribution is 9.11. The topological polar surface area (TPSA) is 51.1 Å². The second-order valence-corrected chi connectivity index (χ2v) is 5.26. The highest BCUT2D eigenvalue weighted by atomic mass is 79.9. The summed E-state index contributed by atoms with van der Waals surface area (Å²) in [6.07, 6.45) is 1.68. The van der Waals surface area contributed by atoms with Gasteiger partial charge in [0.2, 0.25) is 0 Å². The van der Waals surface area contributed by atoms with E-state index in [0.29, 0.717) is 18.8 Å². The van der Waals surface area contributed by atoms with Gasteiger partial charge in [-0.3, -0.25) is 5.01 Å². The van der Waals surface area contributed by atoms with Crippen molar-refractivity contribution in [2.45, 2.75) is 6.54 Å². The van der Waals surface area contributed by atoms with Crippen LogP contribution in [-0.2, 0) is 16.1 Å². The Balaban J connectivity index is 2.10. The summed E-state index contributed by atoms with van der Waals surface area (Å²) in [6.45, 7) is 1.22. The SMILES string of the molecule is COC(=O)C1=NN(Cc2ccc(OC)cc2)CC(Br)=C1. The van der Waals surface area contributed by atoms with Crippen molar-refractivity contribution in [1.82, 2.24) is 5.01 Å². The largest absolute Gasteiger partial charge is 0.497 e. The van der Waals surface area contributed by atoms with E-state index in [1.807, 2.05) is 24.3 Å². The Bertz CT molecular complexity index is 552. The highest BCUT2D eigenvalue weighted by Gasteiger charge is 2.18. The van der Waals surface area contributed by atoms with Crippen molar-refractivity contribution in [1.29, 1.82) is 0 Å². The molecule has 0 aromatic heterocycles. The van der Waals surface area contributed by atoms with E-state index in [1.165, 1.54) is 7.11 Å². The number of hydrazone groups is 1. The van der Waals surface area contributed by atoms with Crippen LogP contribution in [0.25, 0.3) is 0 Å². The fourth-order valence-electron chi connectivity index (χ4n) is 1.82. The molecule has 0 bridgehead atoms. The molecular weight excluding hydrogens is 324 g/mol. The molecule has 1 heterocycles. The summed E-state index contributed by atoms with van der Waals surface area (Å²) >= 11 is 3.41. The van der Waals surface area contributed by atoms with Crippen molar-refractivity contribution in [3.8, 4) is 5.75 Å². The zero-order valence-electron chi connectivity index (χ0n) is 11.3. The minimum absolute atomic E-state index is 0.291. The number of carbonyl (C=O) groups is 1. The quantitative estimate of drug-likeness (QED) is 0.790. The van der Waals surface area contributed by atoms with Crippen LogP contribution in [0.1, 0.15) is 5.56 Å². The Morgan fingerprint density at radius 1 is 1.35 bits per heavy atom. The lowest BCUT2D eigenvalue weighted by atomic mass is 10.2. The molecule has 0 N–H and O–H groups in total. The summed E-state index contributed by atoms with van der Waals surface area (Å²) < 4.78 is 10.7. The third kappa shape index (κ3) is 3.60. The molecule has 1 aromatic rings. The maximum Gasteiger partial charge on any atom is 0.358 e. The summed E-state index contributed by atoms with van der Waals surface area (Å²) in [4.78, 5) is 11.5. The van der Waals surface area contributed by atoms with Crippen LogP contribution in [0.2, 0.25) is 0 Å². The maximum atomic E-state index is 11.5. The van der Waals surface area contributed by atoms with E-state index in [9.17, 15) is 4.79 Å². The molecule has 0 saturated carbocycles. The predicted molar refractivity (Wildman–Crippen MR) is 79.9 cm³/mol. The number of hydrogen-bond donors (Lipinski definition) is 0. The van der Waals surface area contributed by atoms with E-state index in [-0.39, 0.29) is 0 Å². The van der Waals surface area contributed by atoms with Crippen LogP contribution in [0, 0.1) is 0 Å². The van der Waals surface area contributed by atoms with Crippen molar-refractivity contribution >= 4 is 27.6 Å². The second kappa shape index (κ2) is 6.56. The van der Waals surface area contributed by atoms with Crippen molar-refractivity contribution in [3.63, 3.8) is 0 Å². The lowest BCUT2D eigenvalue weighted by Gasteiger charge is -2.23. The molecule has 6 heteroatoms. The first-order valence-electron chi connectivity index (χ1n) is 6.03. The number of nitrogens with zero attached hydrogens (tertiary/aromatic N) is 2. The number of ether oxygens (including phenoxy) is 2. The molecule has 0 radical (unpaired) electrons. The first-order valence-corrected chi connectivity index (χ1v) is 6.82. The summed E-state index contributed by atoms with van der Waals surface area (Å²) in [5.41, 5.74) is 1.38. The molecule has 0 unspecified atom stereocenters. The van der Waals surface area contributed by atoms with E-state index >= 15 is 0 Å². The van der Waals surface area contributed by atoms with Crippen molar-refractivity contribution in [2.75, 3.05) is 20.8 Å². The van der Waals surface area contributed by atoms with E-state index in [2.05, 4.69) is 25.8 Å². The molecular formula is C14H15BrN2O3. The second-order valence-electron chi connectivity index (χ2n) is 4.24. The molecule has 2 rings (SSSR count). The Morgan fingerprint density at radius 3 is 2.65 bits per heavy atom. The third-order valence-electron chi connectivity index (χ3n) is 2.79. The van der Waals surface area contributed by atoms with Crippen molar-refractivity contribution < 1.29 is 14.3 Å². The van der Waals surface area contributed by atoms with Gasteiger partial charge >= 0.3 is 5.97 Å². The Kier molecular flexibility index (Phi) is 4.79. The molecule has 5 nitrogen and oxygen atoms in total. The van der Waals surface area contributed by atoms with Gasteiger partial charge in [-0.2, -0.15) is 5.10 Å². The first kappa shape index (κ1) is 14.6. The van der Waals surface area contributed by atoms with Crippen LogP contribution in [0.3, 0.4) is 0 Å². The smallest absolute Gasteiger partial charge is 0.358 e. The molecule has 1 aliphatic rings. The van der Waals surface area contributed by atoms with E-state index in [1.54, 1.807) is 18.2 Å². The van der Waals surface area contributed by atoms with Gasteiger partial charge in [0.05, 0.1) is 27.3 Å². The summed E-state index contributed by atoms with van der Waals surface area (Å²) in [5, 5.41) is 6.08. The Labute approximate surface area is 126 Å². The monoisotopic (exact) mass is 338 g/mol. The van der Waals surface area contributed by atoms with Gasteiger partial charge in [-0.05, 0) is 23.8 Å². The van der Waals surface area contributed by atoms with Gasteiger partial charge in [-0.25, -0.2) is 4.79 Å². The molecule has 0 atom stereocenters. The molecule has 0 aliphatic carbocycles. The van der Waals surface area contributed by atoms with Gasteiger partial charge in [0.15, 0.2) is 5.71 Å². The molecule has 20 heavy (non-hydrogen) atoms. The number of rotatable bonds is 4. The summed E-state index contributed by atoms with van der Waals surface area (Å²) in [7, 11) is 2.98. The van der Waals surface area contributed by atoms with E-state index in [0.717, 1.165) is 15.8 Å². The van der Waals surface area contributed by atoms with E-state index < -0.39 is 5.97 Å². The molecule has 0 saturated heterocycles. The van der Waals surface area contributed by atoms with Crippen LogP contribution in [0.15, 0.2) is 39.9 Å². The first-order chi connectivity index (χ1) is 9.62. The number of carbonyl (C=O) groups excluding carboxylic acids is 1. The lowest BCUT2D eigenvalue weighted by Crippen LogP contribution is -2.28. The van der Waals surface area contributed by atoms with Gasteiger partial charge in [-0.1, -0.05) is 28.1 Å². The van der Waals surface area contributed by atoms with Gasteiger partial charge < -0.3 is 9.47 Å². The average molecular weight is 339 g/mol. The molecule has 1 aliphatic heterocycles. The fourth-order valence-corrected chi connectivity index (χ4v) is 2.33. The molecule has 0 spiro atoms. The molecule has 1 aromatic carbocycles. The standard InChI is InChI=1S/C14H15BrN2O3/c1-19-12-5-3-10(4-6-12)8-17-9-11(15)7-13(16-17)14(18)20-2/h3-7H,8-9H2,1-2H3. The van der Waals surface area contributed by atoms with Crippen LogP contribution < -0.4 is 4.74 Å². The van der Waals surface area contributed by atoms with Crippen molar-refractivity contribution in [2.24, 2.45) is 5.10 Å². The number of methoxy groups -OCH3 is 2. The van der Waals surface area contributed by atoms with Crippen LogP contribution >= 0.6 is 15.9 Å². The normalized spacial score (nSPS) is 14.4. The van der Waals surface area contributed by atoms with Crippen molar-refractivity contribution in [3.05, 3.63) is 40.4 Å². The lowest BCUT2D eigenvalue weighted by molar-refractivity contribution is -0.132. The van der Waals surface area contributed by atoms with Gasteiger partial charge in [-0.15, -0.1) is 0 Å². The van der Waals surface area contributed by atoms with Gasteiger partial charge in [0.25, 0.3) is 0 Å². The highest BCUT2D eigenvalue weighted by Crippen LogP contribution is 2.18. The van der Waals surface area contributed by atoms with Gasteiger partial charge in [0, 0.05) is 4.48 Å². The number of esters is 1. The molecule has 0 fully saturated rings. The Morgan fingerprint density at radius 2 is 2.05 bits per heavy atom. The zero-order chi connectivity index (χ0) is 14.5. The van der Waals surface area contributed by atoms with Crippen LogP contribution in [0.5, 0.6) is 5.75 Å². The number of halogens is 1. The van der Waals surface area contributed by atoms with Gasteiger partial charge in [0.1, 0.15) is 5.75 Å². The van der Waals surface area contributed by atoms with Crippen LogP contribution in [0.4, 0.5) is 0 Å². The minimum atomic E-state index is -0.443.